The molecule has 16 heavy (non-hydrogen) atoms. The summed E-state index contributed by atoms with van der Waals surface area (Å²) in [5.74, 6) is 0. The Kier molecular flexibility index (Phi) is 3.31. The molecule has 3 nitrogen and oxygen atoms in total. The van der Waals surface area contributed by atoms with Crippen LogP contribution < -0.4 is 0 Å². The predicted octanol–water partition coefficient (Wildman–Crippen LogP) is 3.32. The molecule has 0 aliphatic carbocycles. The Morgan fingerprint density at radius 2 is 1.88 bits per heavy atom. The standard InChI is InChI=1S/C8H10.C4H3N3S/c1-7-4-3-5-8(2)6-7;1-3-4(8-6-1)2-5-7-3/h3-6H,1-2H3;1-2H,(H,5,7). The van der Waals surface area contributed by atoms with Crippen LogP contribution in [0.25, 0.3) is 10.2 Å². The zero-order chi connectivity index (χ0) is 11.4. The van der Waals surface area contributed by atoms with Crippen molar-refractivity contribution in [1.82, 2.24) is 14.6 Å². The van der Waals surface area contributed by atoms with Gasteiger partial charge in [-0.15, -0.1) is 0 Å². The monoisotopic (exact) mass is 231 g/mol. The van der Waals surface area contributed by atoms with Crippen molar-refractivity contribution in [3.8, 4) is 0 Å². The number of hydrogen-bond donors (Lipinski definition) is 1. The second-order valence-electron chi connectivity index (χ2n) is 3.63. The summed E-state index contributed by atoms with van der Waals surface area (Å²) in [6.45, 7) is 4.21. The molecule has 0 aliphatic rings. The second-order valence-corrected chi connectivity index (χ2v) is 4.47. The first kappa shape index (κ1) is 10.8. The van der Waals surface area contributed by atoms with Gasteiger partial charge in [-0.3, -0.25) is 5.10 Å². The van der Waals surface area contributed by atoms with Crippen molar-refractivity contribution in [1.29, 1.82) is 0 Å². The average molecular weight is 231 g/mol. The van der Waals surface area contributed by atoms with Crippen molar-refractivity contribution >= 4 is 21.7 Å². The van der Waals surface area contributed by atoms with Gasteiger partial charge in [-0.2, -0.15) is 9.47 Å². The number of nitrogens with one attached hydrogen (secondary N) is 1. The van der Waals surface area contributed by atoms with E-state index < -0.39 is 0 Å². The van der Waals surface area contributed by atoms with Crippen LogP contribution in [0, 0.1) is 13.8 Å². The van der Waals surface area contributed by atoms with Gasteiger partial charge in [-0.1, -0.05) is 35.4 Å². The van der Waals surface area contributed by atoms with Crippen molar-refractivity contribution in [3.05, 3.63) is 47.8 Å². The van der Waals surface area contributed by atoms with Gasteiger partial charge in [0.05, 0.1) is 22.6 Å². The summed E-state index contributed by atoms with van der Waals surface area (Å²) in [5.41, 5.74) is 3.70. The molecule has 2 aromatic heterocycles. The minimum Gasteiger partial charge on any atom is -0.275 e. The summed E-state index contributed by atoms with van der Waals surface area (Å²) in [6, 6.07) is 8.45. The van der Waals surface area contributed by atoms with Crippen LogP contribution in [0.3, 0.4) is 0 Å². The van der Waals surface area contributed by atoms with E-state index in [1.165, 1.54) is 22.7 Å². The Morgan fingerprint density at radius 1 is 1.12 bits per heavy atom. The molecule has 0 fully saturated rings. The van der Waals surface area contributed by atoms with Crippen LogP contribution in [0.15, 0.2) is 36.7 Å². The van der Waals surface area contributed by atoms with Gasteiger partial charge < -0.3 is 0 Å². The number of aromatic nitrogens is 3. The molecular weight excluding hydrogens is 218 g/mol. The van der Waals surface area contributed by atoms with E-state index in [1.54, 1.807) is 12.4 Å². The topological polar surface area (TPSA) is 41.6 Å². The van der Waals surface area contributed by atoms with Crippen molar-refractivity contribution < 1.29 is 0 Å². The number of rotatable bonds is 0. The summed E-state index contributed by atoms with van der Waals surface area (Å²) >= 11 is 1.45. The molecule has 0 atom stereocenters. The van der Waals surface area contributed by atoms with Gasteiger partial charge in [0, 0.05) is 0 Å². The van der Waals surface area contributed by atoms with E-state index in [0.29, 0.717) is 0 Å². The molecule has 1 aromatic carbocycles. The fourth-order valence-corrected chi connectivity index (χ4v) is 1.96. The molecule has 4 heteroatoms. The van der Waals surface area contributed by atoms with E-state index in [-0.39, 0.29) is 0 Å². The van der Waals surface area contributed by atoms with Gasteiger partial charge in [0.15, 0.2) is 0 Å². The Bertz CT molecular complexity index is 500. The number of H-pyrrole nitrogens is 1. The highest BCUT2D eigenvalue weighted by atomic mass is 32.1. The lowest BCUT2D eigenvalue weighted by Crippen LogP contribution is -1.71. The summed E-state index contributed by atoms with van der Waals surface area (Å²) < 4.78 is 5.05. The highest BCUT2D eigenvalue weighted by Gasteiger charge is 1.92. The lowest BCUT2D eigenvalue weighted by atomic mass is 10.2. The molecule has 0 aliphatic heterocycles. The van der Waals surface area contributed by atoms with Gasteiger partial charge in [0.25, 0.3) is 0 Å². The van der Waals surface area contributed by atoms with E-state index in [1.807, 2.05) is 0 Å². The van der Waals surface area contributed by atoms with Crippen molar-refractivity contribution in [2.75, 3.05) is 0 Å². The quantitative estimate of drug-likeness (QED) is 0.645. The first-order chi connectivity index (χ1) is 7.75. The van der Waals surface area contributed by atoms with Gasteiger partial charge in [-0.05, 0) is 25.4 Å². The Morgan fingerprint density at radius 3 is 2.44 bits per heavy atom. The zero-order valence-electron chi connectivity index (χ0n) is 9.27. The average Bonchev–Trinajstić information content (AvgIpc) is 2.78. The molecule has 0 radical (unpaired) electrons. The SMILES string of the molecule is Cc1cccc(C)c1.c1nsc2cn[nH]c12. The van der Waals surface area contributed by atoms with Gasteiger partial charge in [0.1, 0.15) is 0 Å². The lowest BCUT2D eigenvalue weighted by Gasteiger charge is -1.90. The summed E-state index contributed by atoms with van der Waals surface area (Å²) in [6.07, 6.45) is 3.54. The molecular formula is C12H13N3S. The zero-order valence-corrected chi connectivity index (χ0v) is 10.1. The Balaban J connectivity index is 0.000000120. The molecule has 3 rings (SSSR count). The van der Waals surface area contributed by atoms with Crippen molar-refractivity contribution in [3.63, 3.8) is 0 Å². The number of aromatic amines is 1. The highest BCUT2D eigenvalue weighted by molar-refractivity contribution is 7.13. The van der Waals surface area contributed by atoms with Crippen LogP contribution in [-0.2, 0) is 0 Å². The molecule has 1 N–H and O–H groups in total. The minimum atomic E-state index is 1.02. The molecule has 0 bridgehead atoms. The smallest absolute Gasteiger partial charge is 0.0959 e. The van der Waals surface area contributed by atoms with Crippen LogP contribution in [0.4, 0.5) is 0 Å². The highest BCUT2D eigenvalue weighted by Crippen LogP contribution is 2.12. The van der Waals surface area contributed by atoms with Crippen LogP contribution in [0.2, 0.25) is 0 Å². The van der Waals surface area contributed by atoms with Crippen LogP contribution >= 0.6 is 11.5 Å². The van der Waals surface area contributed by atoms with E-state index in [0.717, 1.165) is 10.2 Å². The molecule has 82 valence electrons. The van der Waals surface area contributed by atoms with E-state index in [2.05, 4.69) is 52.7 Å². The largest absolute Gasteiger partial charge is 0.275 e. The summed E-state index contributed by atoms with van der Waals surface area (Å²) in [5, 5.41) is 6.60. The van der Waals surface area contributed by atoms with Gasteiger partial charge >= 0.3 is 0 Å². The molecule has 2 heterocycles. The third kappa shape index (κ3) is 2.67. The normalized spacial score (nSPS) is 9.88. The third-order valence-corrected chi connectivity index (χ3v) is 2.87. The fraction of sp³-hybridized carbons (Fsp3) is 0.167. The Hall–Kier alpha value is -1.68. The predicted molar refractivity (Wildman–Crippen MR) is 67.7 cm³/mol. The number of benzene rings is 1. The molecule has 0 amide bonds. The lowest BCUT2D eigenvalue weighted by molar-refractivity contribution is 1.12. The Labute approximate surface area is 98.3 Å². The summed E-state index contributed by atoms with van der Waals surface area (Å²) in [4.78, 5) is 0. The number of fused-ring (bicyclic) bond motifs is 1. The number of aryl methyl sites for hydroxylation is 2. The maximum absolute atomic E-state index is 3.93. The van der Waals surface area contributed by atoms with Gasteiger partial charge in [-0.25, -0.2) is 0 Å². The van der Waals surface area contributed by atoms with Crippen LogP contribution in [-0.4, -0.2) is 14.6 Å². The second kappa shape index (κ2) is 4.90. The maximum atomic E-state index is 3.93. The first-order valence-corrected chi connectivity index (χ1v) is 5.80. The van der Waals surface area contributed by atoms with E-state index >= 15 is 0 Å². The molecule has 0 saturated carbocycles. The number of nitrogens with zero attached hydrogens (tertiary/aromatic N) is 2. The van der Waals surface area contributed by atoms with Crippen molar-refractivity contribution in [2.45, 2.75) is 13.8 Å². The van der Waals surface area contributed by atoms with E-state index in [9.17, 15) is 0 Å². The first-order valence-electron chi connectivity index (χ1n) is 5.03. The molecule has 0 saturated heterocycles. The molecule has 0 spiro atoms. The summed E-state index contributed by atoms with van der Waals surface area (Å²) in [7, 11) is 0. The maximum Gasteiger partial charge on any atom is 0.0959 e. The van der Waals surface area contributed by atoms with Crippen molar-refractivity contribution in [2.24, 2.45) is 0 Å². The van der Waals surface area contributed by atoms with Gasteiger partial charge in [0.2, 0.25) is 0 Å². The minimum absolute atomic E-state index is 1.02. The van der Waals surface area contributed by atoms with E-state index in [4.69, 9.17) is 0 Å². The molecule has 0 unspecified atom stereocenters. The third-order valence-electron chi connectivity index (χ3n) is 2.14. The van der Waals surface area contributed by atoms with Crippen LogP contribution in [0.5, 0.6) is 0 Å². The van der Waals surface area contributed by atoms with Crippen LogP contribution in [0.1, 0.15) is 11.1 Å². The fourth-order valence-electron chi connectivity index (χ4n) is 1.39. The molecule has 3 aromatic rings. The number of hydrogen-bond acceptors (Lipinski definition) is 3.